The highest BCUT2D eigenvalue weighted by molar-refractivity contribution is 5.92. The van der Waals surface area contributed by atoms with Crippen molar-refractivity contribution in [2.45, 2.75) is 6.92 Å². The van der Waals surface area contributed by atoms with Crippen molar-refractivity contribution in [3.63, 3.8) is 0 Å². The number of aryl methyl sites for hydroxylation is 1. The molecule has 0 spiro atoms. The molecular formula is C9H8N4O2. The van der Waals surface area contributed by atoms with Gasteiger partial charge in [-0.2, -0.15) is 10.5 Å². The Balaban J connectivity index is 2.82. The first-order valence-electron chi connectivity index (χ1n) is 4.15. The van der Waals surface area contributed by atoms with E-state index in [-0.39, 0.29) is 18.8 Å². The van der Waals surface area contributed by atoms with E-state index in [1.54, 1.807) is 19.1 Å². The summed E-state index contributed by atoms with van der Waals surface area (Å²) in [5.41, 5.74) is 0.109. The zero-order valence-corrected chi connectivity index (χ0v) is 8.10. The molecule has 0 atom stereocenters. The summed E-state index contributed by atoms with van der Waals surface area (Å²) in [6.45, 7) is 1.37. The first-order valence-corrected chi connectivity index (χ1v) is 4.15. The predicted octanol–water partition coefficient (Wildman–Crippen LogP) is 0.472. The third-order valence-corrected chi connectivity index (χ3v) is 1.66. The van der Waals surface area contributed by atoms with Crippen LogP contribution in [0.2, 0.25) is 0 Å². The lowest BCUT2D eigenvalue weighted by molar-refractivity contribution is 0.0784. The normalized spacial score (nSPS) is 9.00. The Morgan fingerprint density at radius 2 is 2.13 bits per heavy atom. The van der Waals surface area contributed by atoms with Gasteiger partial charge in [-0.3, -0.25) is 4.79 Å². The average molecular weight is 204 g/mol. The first-order chi connectivity index (χ1) is 7.19. The van der Waals surface area contributed by atoms with Crippen molar-refractivity contribution in [3.05, 3.63) is 17.5 Å². The lowest BCUT2D eigenvalue weighted by atomic mass is 10.3. The number of amides is 1. The fourth-order valence-corrected chi connectivity index (χ4v) is 0.999. The van der Waals surface area contributed by atoms with E-state index in [9.17, 15) is 4.79 Å². The Bertz CT molecular complexity index is 422. The van der Waals surface area contributed by atoms with Gasteiger partial charge in [-0.05, 0) is 6.92 Å². The van der Waals surface area contributed by atoms with Gasteiger partial charge in [0.15, 0.2) is 5.69 Å². The summed E-state index contributed by atoms with van der Waals surface area (Å²) in [4.78, 5) is 12.7. The molecule has 0 unspecified atom stereocenters. The number of rotatable bonds is 3. The van der Waals surface area contributed by atoms with E-state index in [1.165, 1.54) is 6.07 Å². The number of nitrogens with zero attached hydrogens (tertiary/aromatic N) is 4. The molecule has 6 heteroatoms. The summed E-state index contributed by atoms with van der Waals surface area (Å²) >= 11 is 0. The second-order valence-electron chi connectivity index (χ2n) is 2.80. The molecule has 0 bridgehead atoms. The van der Waals surface area contributed by atoms with E-state index in [0.717, 1.165) is 4.90 Å². The summed E-state index contributed by atoms with van der Waals surface area (Å²) in [6, 6.07) is 5.07. The van der Waals surface area contributed by atoms with Gasteiger partial charge in [-0.1, -0.05) is 5.16 Å². The van der Waals surface area contributed by atoms with E-state index >= 15 is 0 Å². The Morgan fingerprint density at radius 1 is 1.53 bits per heavy atom. The minimum atomic E-state index is -0.477. The van der Waals surface area contributed by atoms with Gasteiger partial charge in [0.25, 0.3) is 5.91 Å². The molecule has 6 nitrogen and oxygen atoms in total. The van der Waals surface area contributed by atoms with Gasteiger partial charge >= 0.3 is 0 Å². The van der Waals surface area contributed by atoms with E-state index in [4.69, 9.17) is 15.0 Å². The molecule has 15 heavy (non-hydrogen) atoms. The molecule has 0 aromatic carbocycles. The number of hydrogen-bond donors (Lipinski definition) is 0. The summed E-state index contributed by atoms with van der Waals surface area (Å²) in [7, 11) is 0. The van der Waals surface area contributed by atoms with Crippen LogP contribution in [-0.2, 0) is 0 Å². The minimum Gasteiger partial charge on any atom is -0.361 e. The monoisotopic (exact) mass is 204 g/mol. The molecule has 76 valence electrons. The summed E-state index contributed by atoms with van der Waals surface area (Å²) in [6.07, 6.45) is 0. The van der Waals surface area contributed by atoms with E-state index < -0.39 is 5.91 Å². The fourth-order valence-electron chi connectivity index (χ4n) is 0.999. The topological polar surface area (TPSA) is 93.9 Å². The number of hydrogen-bond acceptors (Lipinski definition) is 5. The molecule has 0 saturated heterocycles. The second kappa shape index (κ2) is 4.77. The second-order valence-corrected chi connectivity index (χ2v) is 2.80. The zero-order chi connectivity index (χ0) is 11.3. The maximum absolute atomic E-state index is 11.6. The van der Waals surface area contributed by atoms with Crippen LogP contribution in [0.15, 0.2) is 10.6 Å². The Labute approximate surface area is 86.3 Å². The molecule has 0 saturated carbocycles. The highest BCUT2D eigenvalue weighted by Crippen LogP contribution is 2.05. The maximum atomic E-state index is 11.6. The quantitative estimate of drug-likeness (QED) is 0.667. The summed E-state index contributed by atoms with van der Waals surface area (Å²) < 4.78 is 4.73. The third-order valence-electron chi connectivity index (χ3n) is 1.66. The Morgan fingerprint density at radius 3 is 2.53 bits per heavy atom. The standard InChI is InChI=1S/C9H8N4O2/c1-7-6-8(12-15-7)9(14)13(4-2-10)5-3-11/h6H,4-5H2,1H3. The highest BCUT2D eigenvalue weighted by atomic mass is 16.5. The predicted molar refractivity (Wildman–Crippen MR) is 48.4 cm³/mol. The van der Waals surface area contributed by atoms with Crippen LogP contribution in [0.5, 0.6) is 0 Å². The van der Waals surface area contributed by atoms with Crippen LogP contribution < -0.4 is 0 Å². The number of carbonyl (C=O) groups is 1. The molecule has 1 amide bonds. The smallest absolute Gasteiger partial charge is 0.277 e. The molecule has 1 aromatic rings. The van der Waals surface area contributed by atoms with Gasteiger partial charge in [-0.15, -0.1) is 0 Å². The van der Waals surface area contributed by atoms with Crippen molar-refractivity contribution in [2.24, 2.45) is 0 Å². The average Bonchev–Trinajstić information content (AvgIpc) is 2.63. The Hall–Kier alpha value is -2.34. The van der Waals surface area contributed by atoms with Gasteiger partial charge in [0.1, 0.15) is 18.8 Å². The van der Waals surface area contributed by atoms with Crippen LogP contribution in [-0.4, -0.2) is 29.1 Å². The number of carbonyl (C=O) groups excluding carboxylic acids is 1. The molecular weight excluding hydrogens is 196 g/mol. The molecule has 1 rings (SSSR count). The van der Waals surface area contributed by atoms with Gasteiger partial charge in [0.05, 0.1) is 12.1 Å². The summed E-state index contributed by atoms with van der Waals surface area (Å²) in [5, 5.41) is 20.5. The zero-order valence-electron chi connectivity index (χ0n) is 8.10. The summed E-state index contributed by atoms with van der Waals surface area (Å²) in [5.74, 6) is 0.0298. The highest BCUT2D eigenvalue weighted by Gasteiger charge is 2.18. The van der Waals surface area contributed by atoms with Crippen molar-refractivity contribution < 1.29 is 9.32 Å². The maximum Gasteiger partial charge on any atom is 0.277 e. The van der Waals surface area contributed by atoms with E-state index in [0.29, 0.717) is 5.76 Å². The molecule has 0 radical (unpaired) electrons. The Kier molecular flexibility index (Phi) is 3.42. The van der Waals surface area contributed by atoms with Gasteiger partial charge in [0, 0.05) is 6.07 Å². The molecule has 0 N–H and O–H groups in total. The van der Waals surface area contributed by atoms with Crippen LogP contribution in [0.3, 0.4) is 0 Å². The number of nitriles is 2. The molecule has 0 aliphatic carbocycles. The fraction of sp³-hybridized carbons (Fsp3) is 0.333. The van der Waals surface area contributed by atoms with Crippen molar-refractivity contribution in [3.8, 4) is 12.1 Å². The molecule has 1 heterocycles. The van der Waals surface area contributed by atoms with Crippen LogP contribution >= 0.6 is 0 Å². The van der Waals surface area contributed by atoms with Crippen molar-refractivity contribution in [1.29, 1.82) is 10.5 Å². The van der Waals surface area contributed by atoms with Crippen molar-refractivity contribution >= 4 is 5.91 Å². The van der Waals surface area contributed by atoms with Gasteiger partial charge in [0.2, 0.25) is 0 Å². The number of aromatic nitrogens is 1. The largest absolute Gasteiger partial charge is 0.361 e. The first kappa shape index (κ1) is 10.7. The van der Waals surface area contributed by atoms with Crippen LogP contribution in [0.25, 0.3) is 0 Å². The van der Waals surface area contributed by atoms with Crippen LogP contribution in [0.4, 0.5) is 0 Å². The lowest BCUT2D eigenvalue weighted by Gasteiger charge is -2.12. The van der Waals surface area contributed by atoms with Crippen molar-refractivity contribution in [1.82, 2.24) is 10.1 Å². The molecule has 0 fully saturated rings. The van der Waals surface area contributed by atoms with Gasteiger partial charge in [-0.25, -0.2) is 0 Å². The van der Waals surface area contributed by atoms with Crippen LogP contribution in [0.1, 0.15) is 16.2 Å². The molecule has 0 aliphatic rings. The minimum absolute atomic E-state index is 0.109. The van der Waals surface area contributed by atoms with Crippen molar-refractivity contribution in [2.75, 3.05) is 13.1 Å². The van der Waals surface area contributed by atoms with E-state index in [1.807, 2.05) is 0 Å². The lowest BCUT2D eigenvalue weighted by Crippen LogP contribution is -2.31. The van der Waals surface area contributed by atoms with E-state index in [2.05, 4.69) is 5.16 Å². The SMILES string of the molecule is Cc1cc(C(=O)N(CC#N)CC#N)no1. The molecule has 1 aromatic heterocycles. The molecule has 0 aliphatic heterocycles. The van der Waals surface area contributed by atoms with Gasteiger partial charge < -0.3 is 9.42 Å². The third kappa shape index (κ3) is 2.55. The van der Waals surface area contributed by atoms with Crippen LogP contribution in [0, 0.1) is 29.6 Å².